The molecule has 0 amide bonds. The molecule has 0 fully saturated rings. The molecule has 0 aromatic rings. The van der Waals surface area contributed by atoms with Crippen LogP contribution in [0.15, 0.2) is 0 Å². The van der Waals surface area contributed by atoms with Crippen LogP contribution in [-0.2, 0) is 4.74 Å². The van der Waals surface area contributed by atoms with Crippen LogP contribution in [-0.4, -0.2) is 17.6 Å². The van der Waals surface area contributed by atoms with Gasteiger partial charge < -0.3 is 15.6 Å². The first-order chi connectivity index (χ1) is 3.06. The van der Waals surface area contributed by atoms with E-state index in [-0.39, 0.29) is 6.79 Å². The molecule has 3 N–H and O–H groups in total. The molecule has 0 bridgehead atoms. The van der Waals surface area contributed by atoms with Crippen molar-refractivity contribution in [3.63, 3.8) is 0 Å². The Balaban J connectivity index is 3.15. The van der Waals surface area contributed by atoms with E-state index in [2.05, 4.69) is 4.74 Å². The second kappa shape index (κ2) is 2.26. The van der Waals surface area contributed by atoms with Crippen LogP contribution in [0, 0.1) is 0 Å². The van der Waals surface area contributed by atoms with Gasteiger partial charge in [-0.1, -0.05) is 0 Å². The van der Waals surface area contributed by atoms with Gasteiger partial charge in [0.2, 0.25) is 0 Å². The summed E-state index contributed by atoms with van der Waals surface area (Å²) < 4.78 is 4.56. The zero-order valence-corrected chi connectivity index (χ0v) is 4.64. The Kier molecular flexibility index (Phi) is 2.22. The predicted molar refractivity (Wildman–Crippen MR) is 26.4 cm³/mol. The molecule has 44 valence electrons. The predicted octanol–water partition coefficient (Wildman–Crippen LogP) is -0.352. The minimum atomic E-state index is -0.700. The summed E-state index contributed by atoms with van der Waals surface area (Å²) in [7, 11) is 0. The number of aliphatic hydroxyl groups is 1. The lowest BCUT2D eigenvalue weighted by Crippen LogP contribution is -2.35. The zero-order valence-electron chi connectivity index (χ0n) is 4.64. The van der Waals surface area contributed by atoms with Gasteiger partial charge in [0, 0.05) is 0 Å². The fourth-order valence-corrected chi connectivity index (χ4v) is 0.166. The average Bonchev–Trinajstić information content (AvgIpc) is 1.30. The van der Waals surface area contributed by atoms with E-state index in [1.807, 2.05) is 0 Å². The maximum Gasteiger partial charge on any atom is 0.145 e. The number of hydrogen-bond acceptors (Lipinski definition) is 3. The highest BCUT2D eigenvalue weighted by molar-refractivity contribution is 4.53. The summed E-state index contributed by atoms with van der Waals surface area (Å²) in [5.74, 6) is 0. The first-order valence-electron chi connectivity index (χ1n) is 2.10. The number of aliphatic hydroxyl groups excluding tert-OH is 1. The normalized spacial score (nSPS) is 12.0. The molecule has 3 heteroatoms. The Labute approximate surface area is 43.1 Å². The van der Waals surface area contributed by atoms with Gasteiger partial charge in [0.05, 0.1) is 0 Å². The van der Waals surface area contributed by atoms with E-state index in [4.69, 9.17) is 10.8 Å². The molecule has 0 atom stereocenters. The molecule has 0 rings (SSSR count). The van der Waals surface area contributed by atoms with Gasteiger partial charge in [-0.15, -0.1) is 0 Å². The minimum absolute atomic E-state index is 0.316. The van der Waals surface area contributed by atoms with Gasteiger partial charge in [0.15, 0.2) is 0 Å². The van der Waals surface area contributed by atoms with E-state index < -0.39 is 5.72 Å². The zero-order chi connectivity index (χ0) is 5.91. The standard InChI is InChI=1S/C4H11NO2/c1-4(2,5)7-3-6/h6H,3,5H2,1-2H3. The van der Waals surface area contributed by atoms with E-state index >= 15 is 0 Å². The van der Waals surface area contributed by atoms with Crippen molar-refractivity contribution in [2.45, 2.75) is 19.6 Å². The van der Waals surface area contributed by atoms with Crippen molar-refractivity contribution >= 4 is 0 Å². The Hall–Kier alpha value is -0.120. The summed E-state index contributed by atoms with van der Waals surface area (Å²) >= 11 is 0. The lowest BCUT2D eigenvalue weighted by Gasteiger charge is -2.16. The molecule has 0 aromatic carbocycles. The topological polar surface area (TPSA) is 55.5 Å². The van der Waals surface area contributed by atoms with Gasteiger partial charge in [-0.2, -0.15) is 0 Å². The van der Waals surface area contributed by atoms with Crippen LogP contribution in [0.4, 0.5) is 0 Å². The fourth-order valence-electron chi connectivity index (χ4n) is 0.166. The van der Waals surface area contributed by atoms with Crippen LogP contribution in [0.1, 0.15) is 13.8 Å². The molecule has 0 aliphatic carbocycles. The highest BCUT2D eigenvalue weighted by Crippen LogP contribution is 1.95. The van der Waals surface area contributed by atoms with Gasteiger partial charge in [0.1, 0.15) is 12.5 Å². The van der Waals surface area contributed by atoms with Crippen molar-refractivity contribution in [3.8, 4) is 0 Å². The first-order valence-corrected chi connectivity index (χ1v) is 2.10. The maximum atomic E-state index is 8.10. The van der Waals surface area contributed by atoms with Gasteiger partial charge in [-0.05, 0) is 13.8 Å². The maximum absolute atomic E-state index is 8.10. The van der Waals surface area contributed by atoms with Crippen molar-refractivity contribution in [3.05, 3.63) is 0 Å². The Morgan fingerprint density at radius 1 is 1.71 bits per heavy atom. The molecule has 7 heavy (non-hydrogen) atoms. The molecule has 0 spiro atoms. The van der Waals surface area contributed by atoms with Crippen molar-refractivity contribution < 1.29 is 9.84 Å². The molecule has 3 nitrogen and oxygen atoms in total. The van der Waals surface area contributed by atoms with E-state index in [0.717, 1.165) is 0 Å². The number of rotatable bonds is 2. The fraction of sp³-hybridized carbons (Fsp3) is 1.00. The Morgan fingerprint density at radius 2 is 2.14 bits per heavy atom. The third-order valence-electron chi connectivity index (χ3n) is 0.437. The summed E-state index contributed by atoms with van der Waals surface area (Å²) in [6, 6.07) is 0. The van der Waals surface area contributed by atoms with E-state index in [1.165, 1.54) is 0 Å². The SMILES string of the molecule is CC(C)(N)OCO. The van der Waals surface area contributed by atoms with Crippen LogP contribution in [0.25, 0.3) is 0 Å². The summed E-state index contributed by atoms with van der Waals surface area (Å²) in [4.78, 5) is 0. The molecular formula is C4H11NO2. The summed E-state index contributed by atoms with van der Waals surface area (Å²) in [5.41, 5.74) is 4.56. The number of hydrogen-bond donors (Lipinski definition) is 2. The second-order valence-corrected chi connectivity index (χ2v) is 1.88. The summed E-state index contributed by atoms with van der Waals surface area (Å²) in [5, 5.41) is 8.10. The second-order valence-electron chi connectivity index (χ2n) is 1.88. The summed E-state index contributed by atoms with van der Waals surface area (Å²) in [6.07, 6.45) is 0. The van der Waals surface area contributed by atoms with Crippen LogP contribution in [0.5, 0.6) is 0 Å². The average molecular weight is 105 g/mol. The van der Waals surface area contributed by atoms with Gasteiger partial charge in [-0.25, -0.2) is 0 Å². The highest BCUT2D eigenvalue weighted by atomic mass is 16.6. The quantitative estimate of drug-likeness (QED) is 0.472. The molecule has 0 aromatic heterocycles. The molecule has 0 saturated heterocycles. The van der Waals surface area contributed by atoms with Gasteiger partial charge in [-0.3, -0.25) is 0 Å². The van der Waals surface area contributed by atoms with Crippen LogP contribution < -0.4 is 5.73 Å². The lowest BCUT2D eigenvalue weighted by atomic mass is 10.3. The monoisotopic (exact) mass is 105 g/mol. The number of ether oxygens (including phenoxy) is 1. The van der Waals surface area contributed by atoms with Gasteiger partial charge >= 0.3 is 0 Å². The highest BCUT2D eigenvalue weighted by Gasteiger charge is 2.07. The van der Waals surface area contributed by atoms with Crippen molar-refractivity contribution in [1.29, 1.82) is 0 Å². The van der Waals surface area contributed by atoms with E-state index in [1.54, 1.807) is 13.8 Å². The summed E-state index contributed by atoms with van der Waals surface area (Å²) in [6.45, 7) is 3.02. The lowest BCUT2D eigenvalue weighted by molar-refractivity contribution is -0.0941. The number of nitrogens with two attached hydrogens (primary N) is 1. The van der Waals surface area contributed by atoms with Crippen molar-refractivity contribution in [2.75, 3.05) is 6.79 Å². The van der Waals surface area contributed by atoms with Crippen molar-refractivity contribution in [1.82, 2.24) is 0 Å². The third kappa shape index (κ3) is 5.88. The first kappa shape index (κ1) is 6.88. The largest absolute Gasteiger partial charge is 0.371 e. The van der Waals surface area contributed by atoms with Gasteiger partial charge in [0.25, 0.3) is 0 Å². The van der Waals surface area contributed by atoms with Crippen LogP contribution in [0.2, 0.25) is 0 Å². The Bertz CT molecular complexity index is 48.1. The third-order valence-corrected chi connectivity index (χ3v) is 0.437. The smallest absolute Gasteiger partial charge is 0.145 e. The van der Waals surface area contributed by atoms with E-state index in [9.17, 15) is 0 Å². The molecule has 0 unspecified atom stereocenters. The minimum Gasteiger partial charge on any atom is -0.371 e. The Morgan fingerprint density at radius 3 is 2.14 bits per heavy atom. The van der Waals surface area contributed by atoms with Crippen LogP contribution >= 0.6 is 0 Å². The van der Waals surface area contributed by atoms with Crippen LogP contribution in [0.3, 0.4) is 0 Å². The molecule has 0 radical (unpaired) electrons. The molecular weight excluding hydrogens is 94.0 g/mol. The molecule has 0 heterocycles. The van der Waals surface area contributed by atoms with E-state index in [0.29, 0.717) is 0 Å². The molecule has 0 aliphatic rings. The van der Waals surface area contributed by atoms with Crippen molar-refractivity contribution in [2.24, 2.45) is 5.73 Å². The molecule has 0 saturated carbocycles. The molecule has 0 aliphatic heterocycles.